The maximum absolute atomic E-state index is 4.60. The van der Waals surface area contributed by atoms with Gasteiger partial charge in [-0.1, -0.05) is 31.5 Å². The third kappa shape index (κ3) is 3.21. The first-order chi connectivity index (χ1) is 10.4. The highest BCUT2D eigenvalue weighted by atomic mass is 15.2. The Labute approximate surface area is 125 Å². The second-order valence-corrected chi connectivity index (χ2v) is 5.17. The van der Waals surface area contributed by atoms with Gasteiger partial charge in [0.05, 0.1) is 12.2 Å². The zero-order valence-electron chi connectivity index (χ0n) is 12.3. The molecule has 0 aliphatic carbocycles. The van der Waals surface area contributed by atoms with E-state index in [1.165, 1.54) is 18.5 Å². The molecule has 0 spiro atoms. The summed E-state index contributed by atoms with van der Waals surface area (Å²) in [5, 5.41) is 0. The van der Waals surface area contributed by atoms with Gasteiger partial charge in [-0.15, -0.1) is 0 Å². The van der Waals surface area contributed by atoms with Crippen molar-refractivity contribution in [1.82, 2.24) is 14.4 Å². The number of aromatic nitrogens is 3. The maximum atomic E-state index is 4.60. The van der Waals surface area contributed by atoms with Crippen molar-refractivity contribution in [1.29, 1.82) is 0 Å². The fourth-order valence-corrected chi connectivity index (χ4v) is 2.44. The van der Waals surface area contributed by atoms with Crippen LogP contribution < -0.4 is 4.90 Å². The number of nitrogens with zero attached hydrogens (tertiary/aromatic N) is 4. The van der Waals surface area contributed by atoms with Gasteiger partial charge in [0.15, 0.2) is 0 Å². The van der Waals surface area contributed by atoms with E-state index in [9.17, 15) is 0 Å². The lowest BCUT2D eigenvalue weighted by Crippen LogP contribution is -2.23. The lowest BCUT2D eigenvalue weighted by atomic mass is 10.2. The Kier molecular flexibility index (Phi) is 4.15. The average molecular weight is 280 g/mol. The molecule has 3 aromatic rings. The molecule has 3 rings (SSSR count). The highest BCUT2D eigenvalue weighted by molar-refractivity contribution is 5.46. The summed E-state index contributed by atoms with van der Waals surface area (Å²) in [4.78, 5) is 11.3. The van der Waals surface area contributed by atoms with E-state index in [0.29, 0.717) is 0 Å². The zero-order valence-corrected chi connectivity index (χ0v) is 12.3. The fourth-order valence-electron chi connectivity index (χ4n) is 2.44. The second-order valence-electron chi connectivity index (χ2n) is 5.17. The molecule has 21 heavy (non-hydrogen) atoms. The van der Waals surface area contributed by atoms with Crippen LogP contribution in [-0.2, 0) is 6.54 Å². The molecule has 4 heteroatoms. The van der Waals surface area contributed by atoms with Crippen LogP contribution in [0.4, 0.5) is 5.69 Å². The molecule has 0 aliphatic heterocycles. The molecule has 0 fully saturated rings. The van der Waals surface area contributed by atoms with Gasteiger partial charge in [0.25, 0.3) is 0 Å². The average Bonchev–Trinajstić information content (AvgIpc) is 2.94. The first kappa shape index (κ1) is 13.6. The Morgan fingerprint density at radius 1 is 1.14 bits per heavy atom. The van der Waals surface area contributed by atoms with Gasteiger partial charge >= 0.3 is 0 Å². The molecule has 0 bridgehead atoms. The fraction of sp³-hybridized carbons (Fsp3) is 0.294. The first-order valence-electron chi connectivity index (χ1n) is 7.45. The zero-order chi connectivity index (χ0) is 14.5. The minimum atomic E-state index is 0.760. The molecule has 0 N–H and O–H groups in total. The van der Waals surface area contributed by atoms with Crippen LogP contribution in [0, 0.1) is 0 Å². The lowest BCUT2D eigenvalue weighted by molar-refractivity contribution is 0.710. The van der Waals surface area contributed by atoms with Crippen LogP contribution >= 0.6 is 0 Å². The van der Waals surface area contributed by atoms with Crippen LogP contribution in [0.2, 0.25) is 0 Å². The van der Waals surface area contributed by atoms with Crippen molar-refractivity contribution in [3.8, 4) is 0 Å². The number of anilines is 1. The second kappa shape index (κ2) is 6.39. The van der Waals surface area contributed by atoms with E-state index >= 15 is 0 Å². The summed E-state index contributed by atoms with van der Waals surface area (Å²) in [5.41, 5.74) is 2.30. The van der Waals surface area contributed by atoms with Crippen LogP contribution in [0.25, 0.3) is 5.78 Å². The molecule has 2 heterocycles. The minimum Gasteiger partial charge on any atom is -0.366 e. The minimum absolute atomic E-state index is 0.760. The monoisotopic (exact) mass is 280 g/mol. The number of imidazole rings is 1. The van der Waals surface area contributed by atoms with Gasteiger partial charge in [-0.3, -0.25) is 4.40 Å². The molecule has 0 atom stereocenters. The summed E-state index contributed by atoms with van der Waals surface area (Å²) in [7, 11) is 0. The highest BCUT2D eigenvalue weighted by Gasteiger charge is 2.09. The largest absolute Gasteiger partial charge is 0.366 e. The molecule has 0 aliphatic rings. The highest BCUT2D eigenvalue weighted by Crippen LogP contribution is 2.17. The molecule has 0 amide bonds. The Bertz CT molecular complexity index is 657. The summed E-state index contributed by atoms with van der Waals surface area (Å²) in [6.07, 6.45) is 8.19. The van der Waals surface area contributed by atoms with E-state index in [1.807, 2.05) is 16.7 Å². The van der Waals surface area contributed by atoms with Crippen LogP contribution in [0.1, 0.15) is 25.5 Å². The van der Waals surface area contributed by atoms with Crippen molar-refractivity contribution < 1.29 is 0 Å². The van der Waals surface area contributed by atoms with E-state index in [2.05, 4.69) is 58.3 Å². The van der Waals surface area contributed by atoms with Gasteiger partial charge in [0.2, 0.25) is 5.78 Å². The molecule has 2 aromatic heterocycles. The van der Waals surface area contributed by atoms with Gasteiger partial charge in [0, 0.05) is 30.8 Å². The Balaban J connectivity index is 1.83. The van der Waals surface area contributed by atoms with Crippen molar-refractivity contribution in [2.45, 2.75) is 26.3 Å². The predicted octanol–water partition coefficient (Wildman–Crippen LogP) is 3.54. The number of para-hydroxylation sites is 1. The first-order valence-corrected chi connectivity index (χ1v) is 7.45. The standard InChI is InChI=1S/C17H20N4/c1-2-3-11-20(16-8-5-4-6-9-16)13-15-14-21-12-7-10-18-17(21)19-15/h4-10,12,14H,2-3,11,13H2,1H3. The Morgan fingerprint density at radius 3 is 2.76 bits per heavy atom. The summed E-state index contributed by atoms with van der Waals surface area (Å²) >= 11 is 0. The topological polar surface area (TPSA) is 33.4 Å². The Hall–Kier alpha value is -2.36. The molecule has 4 nitrogen and oxygen atoms in total. The van der Waals surface area contributed by atoms with Crippen LogP contribution in [0.5, 0.6) is 0 Å². The number of hydrogen-bond acceptors (Lipinski definition) is 3. The van der Waals surface area contributed by atoms with E-state index < -0.39 is 0 Å². The van der Waals surface area contributed by atoms with Crippen molar-refractivity contribution in [2.75, 3.05) is 11.4 Å². The molecular weight excluding hydrogens is 260 g/mol. The van der Waals surface area contributed by atoms with Gasteiger partial charge in [-0.25, -0.2) is 9.97 Å². The quantitative estimate of drug-likeness (QED) is 0.692. The number of fused-ring (bicyclic) bond motifs is 1. The van der Waals surface area contributed by atoms with Crippen LogP contribution in [-0.4, -0.2) is 20.9 Å². The number of hydrogen-bond donors (Lipinski definition) is 0. The SMILES string of the molecule is CCCCN(Cc1cn2cccnc2n1)c1ccccc1. The van der Waals surface area contributed by atoms with E-state index in [0.717, 1.165) is 24.6 Å². The van der Waals surface area contributed by atoms with E-state index in [4.69, 9.17) is 0 Å². The molecule has 0 radical (unpaired) electrons. The van der Waals surface area contributed by atoms with Gasteiger partial charge < -0.3 is 4.90 Å². The summed E-state index contributed by atoms with van der Waals surface area (Å²) in [5.74, 6) is 0.760. The molecule has 0 saturated carbocycles. The van der Waals surface area contributed by atoms with Crippen molar-refractivity contribution >= 4 is 11.5 Å². The molecule has 108 valence electrons. The summed E-state index contributed by atoms with van der Waals surface area (Å²) in [6, 6.07) is 12.5. The molecular formula is C17H20N4. The normalized spacial score (nSPS) is 10.9. The van der Waals surface area contributed by atoms with Crippen molar-refractivity contribution in [3.05, 3.63) is 60.7 Å². The number of rotatable bonds is 6. The van der Waals surface area contributed by atoms with E-state index in [1.54, 1.807) is 6.20 Å². The van der Waals surface area contributed by atoms with Crippen LogP contribution in [0.15, 0.2) is 55.0 Å². The third-order valence-electron chi connectivity index (χ3n) is 3.54. The maximum Gasteiger partial charge on any atom is 0.233 e. The molecule has 0 unspecified atom stereocenters. The number of unbranched alkanes of at least 4 members (excludes halogenated alkanes) is 1. The van der Waals surface area contributed by atoms with Gasteiger partial charge in [-0.2, -0.15) is 0 Å². The van der Waals surface area contributed by atoms with Gasteiger partial charge in [0.1, 0.15) is 0 Å². The molecule has 1 aromatic carbocycles. The molecule has 0 saturated heterocycles. The third-order valence-corrected chi connectivity index (χ3v) is 3.54. The number of benzene rings is 1. The summed E-state index contributed by atoms with van der Waals surface area (Å²) in [6.45, 7) is 4.08. The summed E-state index contributed by atoms with van der Waals surface area (Å²) < 4.78 is 1.97. The predicted molar refractivity (Wildman–Crippen MR) is 85.4 cm³/mol. The lowest BCUT2D eigenvalue weighted by Gasteiger charge is -2.23. The Morgan fingerprint density at radius 2 is 2.00 bits per heavy atom. The van der Waals surface area contributed by atoms with E-state index in [-0.39, 0.29) is 0 Å². The van der Waals surface area contributed by atoms with Gasteiger partial charge in [-0.05, 0) is 24.6 Å². The van der Waals surface area contributed by atoms with Crippen molar-refractivity contribution in [2.24, 2.45) is 0 Å². The van der Waals surface area contributed by atoms with Crippen molar-refractivity contribution in [3.63, 3.8) is 0 Å². The van der Waals surface area contributed by atoms with Crippen LogP contribution in [0.3, 0.4) is 0 Å². The smallest absolute Gasteiger partial charge is 0.233 e.